The van der Waals surface area contributed by atoms with Crippen molar-refractivity contribution in [1.29, 1.82) is 0 Å². The topological polar surface area (TPSA) is 73.9 Å². The molecule has 7 nitrogen and oxygen atoms in total. The second-order valence-corrected chi connectivity index (χ2v) is 7.73. The second-order valence-electron chi connectivity index (χ2n) is 7.73. The van der Waals surface area contributed by atoms with E-state index < -0.39 is 0 Å². The van der Waals surface area contributed by atoms with Crippen LogP contribution in [0.2, 0.25) is 0 Å². The highest BCUT2D eigenvalue weighted by molar-refractivity contribution is 5.92. The summed E-state index contributed by atoms with van der Waals surface area (Å²) in [6.07, 6.45) is 0.943. The first kappa shape index (κ1) is 21.8. The molecule has 1 heterocycles. The smallest absolute Gasteiger partial charge is 0.238 e. The van der Waals surface area contributed by atoms with Crippen molar-refractivity contribution in [2.24, 2.45) is 0 Å². The summed E-state index contributed by atoms with van der Waals surface area (Å²) in [7, 11) is 3.35. The van der Waals surface area contributed by atoms with Gasteiger partial charge < -0.3 is 15.4 Å². The van der Waals surface area contributed by atoms with Crippen LogP contribution in [0.1, 0.15) is 12.0 Å². The van der Waals surface area contributed by atoms with E-state index in [1.807, 2.05) is 30.3 Å². The molecule has 1 fully saturated rings. The number of ether oxygens (including phenoxy) is 1. The summed E-state index contributed by atoms with van der Waals surface area (Å²) in [5, 5.41) is 5.92. The van der Waals surface area contributed by atoms with Crippen molar-refractivity contribution >= 4 is 17.5 Å². The lowest BCUT2D eigenvalue weighted by atomic mass is 10.2. The maximum absolute atomic E-state index is 12.4. The fourth-order valence-electron chi connectivity index (χ4n) is 3.66. The molecule has 1 aliphatic heterocycles. The molecule has 0 saturated carbocycles. The van der Waals surface area contributed by atoms with E-state index in [0.29, 0.717) is 11.4 Å². The molecule has 1 saturated heterocycles. The van der Waals surface area contributed by atoms with E-state index in [9.17, 15) is 9.59 Å². The molecule has 3 rings (SSSR count). The molecule has 0 spiro atoms. The summed E-state index contributed by atoms with van der Waals surface area (Å²) in [4.78, 5) is 28.7. The van der Waals surface area contributed by atoms with Crippen LogP contribution in [-0.2, 0) is 16.1 Å². The number of likely N-dealkylation sites (tertiary alicyclic amines) is 1. The Labute approximate surface area is 178 Å². The standard InChI is InChI=1S/C23H30N4O3/c1-26(16-22(28)24-19-9-6-10-21(13-19)30-2)17-23(29)25-20-11-12-27(15-20)14-18-7-4-3-5-8-18/h3-10,13,20H,11-12,14-17H2,1-2H3,(H,24,28)(H,25,29)/t20-/m0/s1. The third-order valence-corrected chi connectivity index (χ3v) is 5.07. The Morgan fingerprint density at radius 1 is 1.10 bits per heavy atom. The van der Waals surface area contributed by atoms with E-state index in [0.717, 1.165) is 26.1 Å². The number of nitrogens with zero attached hydrogens (tertiary/aromatic N) is 2. The van der Waals surface area contributed by atoms with Gasteiger partial charge in [0.25, 0.3) is 0 Å². The number of benzene rings is 2. The summed E-state index contributed by atoms with van der Waals surface area (Å²) >= 11 is 0. The average Bonchev–Trinajstić information content (AvgIpc) is 3.15. The maximum atomic E-state index is 12.4. The number of rotatable bonds is 9. The van der Waals surface area contributed by atoms with Crippen LogP contribution in [0.4, 0.5) is 5.69 Å². The maximum Gasteiger partial charge on any atom is 0.238 e. The summed E-state index contributed by atoms with van der Waals surface area (Å²) in [5.41, 5.74) is 1.95. The SMILES string of the molecule is COc1cccc(NC(=O)CN(C)CC(=O)N[C@H]2CCN(Cc3ccccc3)C2)c1. The molecular weight excluding hydrogens is 380 g/mol. The van der Waals surface area contributed by atoms with Gasteiger partial charge in [0, 0.05) is 37.4 Å². The van der Waals surface area contributed by atoms with Crippen molar-refractivity contribution in [3.05, 3.63) is 60.2 Å². The van der Waals surface area contributed by atoms with Crippen LogP contribution in [-0.4, -0.2) is 68.0 Å². The molecule has 2 aromatic carbocycles. The molecule has 1 atom stereocenters. The highest BCUT2D eigenvalue weighted by atomic mass is 16.5. The Bertz CT molecular complexity index is 843. The number of anilines is 1. The summed E-state index contributed by atoms with van der Waals surface area (Å²) in [6, 6.07) is 17.7. The van der Waals surface area contributed by atoms with E-state index >= 15 is 0 Å². The number of amides is 2. The average molecular weight is 411 g/mol. The molecule has 30 heavy (non-hydrogen) atoms. The zero-order valence-corrected chi connectivity index (χ0v) is 17.6. The van der Waals surface area contributed by atoms with Gasteiger partial charge >= 0.3 is 0 Å². The molecule has 1 aliphatic rings. The van der Waals surface area contributed by atoms with Gasteiger partial charge in [-0.15, -0.1) is 0 Å². The van der Waals surface area contributed by atoms with Crippen molar-refractivity contribution in [1.82, 2.24) is 15.1 Å². The normalized spacial score (nSPS) is 16.4. The number of hydrogen-bond acceptors (Lipinski definition) is 5. The number of hydrogen-bond donors (Lipinski definition) is 2. The number of carbonyl (C=O) groups is 2. The van der Waals surface area contributed by atoms with Gasteiger partial charge in [-0.1, -0.05) is 36.4 Å². The van der Waals surface area contributed by atoms with Crippen molar-refractivity contribution in [2.75, 3.05) is 45.7 Å². The van der Waals surface area contributed by atoms with E-state index in [1.165, 1.54) is 5.56 Å². The third kappa shape index (κ3) is 6.86. The van der Waals surface area contributed by atoms with Crippen molar-refractivity contribution in [3.63, 3.8) is 0 Å². The first-order chi connectivity index (χ1) is 14.5. The van der Waals surface area contributed by atoms with Gasteiger partial charge in [-0.2, -0.15) is 0 Å². The second kappa shape index (κ2) is 10.8. The van der Waals surface area contributed by atoms with Crippen molar-refractivity contribution < 1.29 is 14.3 Å². The monoisotopic (exact) mass is 410 g/mol. The van der Waals surface area contributed by atoms with Gasteiger partial charge in [-0.3, -0.25) is 19.4 Å². The van der Waals surface area contributed by atoms with Crippen LogP contribution in [0.3, 0.4) is 0 Å². The molecule has 7 heteroatoms. The Morgan fingerprint density at radius 3 is 2.63 bits per heavy atom. The van der Waals surface area contributed by atoms with E-state index in [-0.39, 0.29) is 30.9 Å². The highest BCUT2D eigenvalue weighted by Crippen LogP contribution is 2.16. The lowest BCUT2D eigenvalue weighted by Gasteiger charge is -2.19. The molecule has 0 unspecified atom stereocenters. The molecule has 2 amide bonds. The van der Waals surface area contributed by atoms with E-state index in [2.05, 4.69) is 27.7 Å². The Kier molecular flexibility index (Phi) is 7.82. The van der Waals surface area contributed by atoms with Crippen LogP contribution in [0.25, 0.3) is 0 Å². The number of likely N-dealkylation sites (N-methyl/N-ethyl adjacent to an activating group) is 1. The predicted molar refractivity (Wildman–Crippen MR) is 117 cm³/mol. The molecule has 2 N–H and O–H groups in total. The minimum Gasteiger partial charge on any atom is -0.497 e. The first-order valence-electron chi connectivity index (χ1n) is 10.2. The molecule has 0 radical (unpaired) electrons. The predicted octanol–water partition coefficient (Wildman–Crippen LogP) is 1.96. The Balaban J connectivity index is 1.37. The van der Waals surface area contributed by atoms with Crippen LogP contribution in [0, 0.1) is 0 Å². The van der Waals surface area contributed by atoms with Gasteiger partial charge in [0.2, 0.25) is 11.8 Å². The zero-order chi connectivity index (χ0) is 21.3. The molecule has 0 bridgehead atoms. The number of nitrogens with one attached hydrogen (secondary N) is 2. The van der Waals surface area contributed by atoms with Crippen LogP contribution in [0.5, 0.6) is 5.75 Å². The van der Waals surface area contributed by atoms with Crippen LogP contribution >= 0.6 is 0 Å². The number of carbonyl (C=O) groups excluding carboxylic acids is 2. The van der Waals surface area contributed by atoms with Crippen LogP contribution < -0.4 is 15.4 Å². The minimum absolute atomic E-state index is 0.0572. The Hall–Kier alpha value is -2.90. The quantitative estimate of drug-likeness (QED) is 0.661. The largest absolute Gasteiger partial charge is 0.497 e. The molecule has 0 aromatic heterocycles. The van der Waals surface area contributed by atoms with Gasteiger partial charge in [0.1, 0.15) is 5.75 Å². The summed E-state index contributed by atoms with van der Waals surface area (Å²) in [5.74, 6) is 0.449. The van der Waals surface area contributed by atoms with Gasteiger partial charge in [-0.05, 0) is 31.2 Å². The molecular formula is C23H30N4O3. The molecule has 2 aromatic rings. The Morgan fingerprint density at radius 2 is 1.87 bits per heavy atom. The zero-order valence-electron chi connectivity index (χ0n) is 17.6. The lowest BCUT2D eigenvalue weighted by Crippen LogP contribution is -2.43. The summed E-state index contributed by atoms with van der Waals surface area (Å²) < 4.78 is 5.16. The minimum atomic E-state index is -0.173. The third-order valence-electron chi connectivity index (χ3n) is 5.07. The van der Waals surface area contributed by atoms with Crippen LogP contribution in [0.15, 0.2) is 54.6 Å². The molecule has 160 valence electrons. The van der Waals surface area contributed by atoms with Crippen molar-refractivity contribution in [3.8, 4) is 5.75 Å². The van der Waals surface area contributed by atoms with Crippen molar-refractivity contribution in [2.45, 2.75) is 19.0 Å². The van der Waals surface area contributed by atoms with Gasteiger partial charge in [-0.25, -0.2) is 0 Å². The molecule has 0 aliphatic carbocycles. The van der Waals surface area contributed by atoms with E-state index in [4.69, 9.17) is 4.74 Å². The fraction of sp³-hybridized carbons (Fsp3) is 0.391. The highest BCUT2D eigenvalue weighted by Gasteiger charge is 2.24. The van der Waals surface area contributed by atoms with Gasteiger partial charge in [0.05, 0.1) is 20.2 Å². The number of methoxy groups -OCH3 is 1. The lowest BCUT2D eigenvalue weighted by molar-refractivity contribution is -0.123. The fourth-order valence-corrected chi connectivity index (χ4v) is 3.66. The first-order valence-corrected chi connectivity index (χ1v) is 10.2. The van der Waals surface area contributed by atoms with Gasteiger partial charge in [0.15, 0.2) is 0 Å². The van der Waals surface area contributed by atoms with E-state index in [1.54, 1.807) is 31.2 Å². The summed E-state index contributed by atoms with van der Waals surface area (Å²) in [6.45, 7) is 3.03.